The van der Waals surface area contributed by atoms with Gasteiger partial charge in [0.2, 0.25) is 0 Å². The van der Waals surface area contributed by atoms with E-state index in [0.29, 0.717) is 0 Å². The SMILES string of the molecule is COc1ccc2c[n+](Cc3ccccc3)ccc2c1. The zero-order valence-electron chi connectivity index (χ0n) is 10.9. The zero-order valence-corrected chi connectivity index (χ0v) is 10.9. The van der Waals surface area contributed by atoms with Gasteiger partial charge >= 0.3 is 0 Å². The highest BCUT2D eigenvalue weighted by atomic mass is 16.5. The molecule has 0 saturated carbocycles. The molecule has 0 fully saturated rings. The molecule has 3 rings (SSSR count). The molecule has 2 nitrogen and oxygen atoms in total. The Morgan fingerprint density at radius 1 is 0.947 bits per heavy atom. The molecule has 0 aliphatic carbocycles. The van der Waals surface area contributed by atoms with Crippen LogP contribution in [-0.2, 0) is 6.54 Å². The van der Waals surface area contributed by atoms with Gasteiger partial charge in [-0.15, -0.1) is 0 Å². The van der Waals surface area contributed by atoms with Crippen molar-refractivity contribution in [1.29, 1.82) is 0 Å². The maximum atomic E-state index is 5.24. The highest BCUT2D eigenvalue weighted by Crippen LogP contribution is 2.18. The number of rotatable bonds is 3. The minimum absolute atomic E-state index is 0.892. The second kappa shape index (κ2) is 5.11. The molecule has 19 heavy (non-hydrogen) atoms. The molecule has 0 saturated heterocycles. The Labute approximate surface area is 112 Å². The van der Waals surface area contributed by atoms with Crippen molar-refractivity contribution in [2.45, 2.75) is 6.54 Å². The Hall–Kier alpha value is -2.35. The first-order valence-electron chi connectivity index (χ1n) is 6.36. The molecule has 0 aliphatic rings. The minimum atomic E-state index is 0.892. The van der Waals surface area contributed by atoms with E-state index >= 15 is 0 Å². The quantitative estimate of drug-likeness (QED) is 0.651. The summed E-state index contributed by atoms with van der Waals surface area (Å²) in [5, 5.41) is 2.42. The zero-order chi connectivity index (χ0) is 13.1. The van der Waals surface area contributed by atoms with Crippen molar-refractivity contribution < 1.29 is 9.30 Å². The first-order chi connectivity index (χ1) is 9.35. The fraction of sp³-hybridized carbons (Fsp3) is 0.118. The van der Waals surface area contributed by atoms with Crippen LogP contribution >= 0.6 is 0 Å². The molecular weight excluding hydrogens is 234 g/mol. The lowest BCUT2D eigenvalue weighted by atomic mass is 10.1. The van der Waals surface area contributed by atoms with Crippen molar-refractivity contribution in [3.8, 4) is 5.75 Å². The summed E-state index contributed by atoms with van der Waals surface area (Å²) in [5.41, 5.74) is 1.31. The molecule has 1 heterocycles. The number of ether oxygens (including phenoxy) is 1. The monoisotopic (exact) mass is 250 g/mol. The van der Waals surface area contributed by atoms with Crippen LogP contribution in [0.2, 0.25) is 0 Å². The topological polar surface area (TPSA) is 13.1 Å². The van der Waals surface area contributed by atoms with Crippen LogP contribution in [0.3, 0.4) is 0 Å². The summed E-state index contributed by atoms with van der Waals surface area (Å²) in [5.74, 6) is 0.897. The van der Waals surface area contributed by atoms with E-state index < -0.39 is 0 Å². The van der Waals surface area contributed by atoms with Crippen LogP contribution in [0, 0.1) is 0 Å². The number of fused-ring (bicyclic) bond motifs is 1. The van der Waals surface area contributed by atoms with Crippen molar-refractivity contribution in [3.05, 3.63) is 72.6 Å². The minimum Gasteiger partial charge on any atom is -0.497 e. The van der Waals surface area contributed by atoms with E-state index in [-0.39, 0.29) is 0 Å². The number of pyridine rings is 1. The van der Waals surface area contributed by atoms with E-state index in [1.807, 2.05) is 12.1 Å². The summed E-state index contributed by atoms with van der Waals surface area (Å²) in [6, 6.07) is 18.7. The third-order valence-corrected chi connectivity index (χ3v) is 3.25. The van der Waals surface area contributed by atoms with Gasteiger partial charge in [0.15, 0.2) is 18.9 Å². The highest BCUT2D eigenvalue weighted by Gasteiger charge is 2.05. The fourth-order valence-electron chi connectivity index (χ4n) is 2.23. The molecule has 0 N–H and O–H groups in total. The van der Waals surface area contributed by atoms with Gasteiger partial charge < -0.3 is 4.74 Å². The predicted octanol–water partition coefficient (Wildman–Crippen LogP) is 3.18. The average Bonchev–Trinajstić information content (AvgIpc) is 2.48. The molecule has 2 heteroatoms. The van der Waals surface area contributed by atoms with E-state index in [1.165, 1.54) is 16.3 Å². The first kappa shape index (κ1) is 11.7. The fourth-order valence-corrected chi connectivity index (χ4v) is 2.23. The summed E-state index contributed by atoms with van der Waals surface area (Å²) < 4.78 is 7.44. The van der Waals surface area contributed by atoms with Crippen molar-refractivity contribution in [1.82, 2.24) is 0 Å². The Morgan fingerprint density at radius 2 is 1.79 bits per heavy atom. The second-order valence-corrected chi connectivity index (χ2v) is 4.60. The molecule has 0 spiro atoms. The Kier molecular flexibility index (Phi) is 3.15. The summed E-state index contributed by atoms with van der Waals surface area (Å²) in [4.78, 5) is 0. The average molecular weight is 250 g/mol. The molecule has 0 radical (unpaired) electrons. The van der Waals surface area contributed by atoms with Gasteiger partial charge in [-0.05, 0) is 23.6 Å². The van der Waals surface area contributed by atoms with Crippen LogP contribution in [0.4, 0.5) is 0 Å². The predicted molar refractivity (Wildman–Crippen MR) is 76.2 cm³/mol. The standard InChI is InChI=1S/C17H16NO/c1-19-17-8-7-16-13-18(10-9-15(16)11-17)12-14-5-3-2-4-6-14/h2-11,13H,12H2,1H3/q+1. The first-order valence-corrected chi connectivity index (χ1v) is 6.36. The lowest BCUT2D eigenvalue weighted by Gasteiger charge is -2.02. The lowest BCUT2D eigenvalue weighted by Crippen LogP contribution is -2.33. The normalized spacial score (nSPS) is 10.6. The molecule has 3 aromatic rings. The number of nitrogens with zero attached hydrogens (tertiary/aromatic N) is 1. The van der Waals surface area contributed by atoms with Gasteiger partial charge in [0.05, 0.1) is 7.11 Å². The number of methoxy groups -OCH3 is 1. The lowest BCUT2D eigenvalue weighted by molar-refractivity contribution is -0.687. The third kappa shape index (κ3) is 2.58. The Bertz CT molecular complexity index is 692. The van der Waals surface area contributed by atoms with Crippen LogP contribution in [0.25, 0.3) is 10.8 Å². The highest BCUT2D eigenvalue weighted by molar-refractivity contribution is 5.82. The van der Waals surface area contributed by atoms with Crippen LogP contribution in [0.1, 0.15) is 5.56 Å². The smallest absolute Gasteiger partial charge is 0.176 e. The molecule has 2 aromatic carbocycles. The van der Waals surface area contributed by atoms with E-state index in [4.69, 9.17) is 4.74 Å². The van der Waals surface area contributed by atoms with E-state index in [0.717, 1.165) is 12.3 Å². The van der Waals surface area contributed by atoms with Gasteiger partial charge in [-0.2, -0.15) is 0 Å². The van der Waals surface area contributed by atoms with Gasteiger partial charge in [0, 0.05) is 17.0 Å². The van der Waals surface area contributed by atoms with Crippen molar-refractivity contribution in [3.63, 3.8) is 0 Å². The molecule has 94 valence electrons. The molecular formula is C17H16NO+. The van der Waals surface area contributed by atoms with Crippen molar-refractivity contribution >= 4 is 10.8 Å². The van der Waals surface area contributed by atoms with Gasteiger partial charge in [-0.3, -0.25) is 0 Å². The summed E-state index contributed by atoms with van der Waals surface area (Å²) in [6.45, 7) is 0.892. The Morgan fingerprint density at radius 3 is 2.58 bits per heavy atom. The maximum absolute atomic E-state index is 5.24. The number of benzene rings is 2. The van der Waals surface area contributed by atoms with Gasteiger partial charge in [-0.25, -0.2) is 4.57 Å². The molecule has 0 unspecified atom stereocenters. The summed E-state index contributed by atoms with van der Waals surface area (Å²) in [7, 11) is 1.69. The van der Waals surface area contributed by atoms with Gasteiger partial charge in [0.1, 0.15) is 5.75 Å². The molecule has 0 bridgehead atoms. The largest absolute Gasteiger partial charge is 0.497 e. The van der Waals surface area contributed by atoms with E-state index in [9.17, 15) is 0 Å². The van der Waals surface area contributed by atoms with Crippen LogP contribution < -0.4 is 9.30 Å². The molecule has 0 aliphatic heterocycles. The third-order valence-electron chi connectivity index (χ3n) is 3.25. The maximum Gasteiger partial charge on any atom is 0.176 e. The van der Waals surface area contributed by atoms with Crippen molar-refractivity contribution in [2.24, 2.45) is 0 Å². The van der Waals surface area contributed by atoms with Gasteiger partial charge in [-0.1, -0.05) is 30.3 Å². The van der Waals surface area contributed by atoms with E-state index in [2.05, 4.69) is 59.4 Å². The van der Waals surface area contributed by atoms with Crippen molar-refractivity contribution in [2.75, 3.05) is 7.11 Å². The number of hydrogen-bond donors (Lipinski definition) is 0. The Balaban J connectivity index is 1.94. The number of aromatic nitrogens is 1. The summed E-state index contributed by atoms with van der Waals surface area (Å²) >= 11 is 0. The van der Waals surface area contributed by atoms with E-state index in [1.54, 1.807) is 7.11 Å². The second-order valence-electron chi connectivity index (χ2n) is 4.60. The van der Waals surface area contributed by atoms with Gasteiger partial charge in [0.25, 0.3) is 0 Å². The molecule has 0 amide bonds. The van der Waals surface area contributed by atoms with Crippen LogP contribution in [0.15, 0.2) is 67.0 Å². The number of hydrogen-bond acceptors (Lipinski definition) is 1. The van der Waals surface area contributed by atoms with Crippen LogP contribution in [0.5, 0.6) is 5.75 Å². The molecule has 0 atom stereocenters. The summed E-state index contributed by atoms with van der Waals surface area (Å²) in [6.07, 6.45) is 4.27. The molecule has 1 aromatic heterocycles. The van der Waals surface area contributed by atoms with Crippen LogP contribution in [-0.4, -0.2) is 7.11 Å².